The number of sulfonamides is 1. The first-order valence-electron chi connectivity index (χ1n) is 5.14. The Morgan fingerprint density at radius 2 is 1.93 bits per heavy atom. The molecule has 0 atom stereocenters. The zero-order valence-electron chi connectivity index (χ0n) is 9.17. The fourth-order valence-corrected chi connectivity index (χ4v) is 2.92. The molecule has 0 saturated carbocycles. The zero-order valence-corrected chi connectivity index (χ0v) is 11.6. The monoisotopic (exact) mass is 273 g/mol. The fourth-order valence-electron chi connectivity index (χ4n) is 1.06. The average Bonchev–Trinajstić information content (AvgIpc) is 2.17. The van der Waals surface area contributed by atoms with Crippen LogP contribution in [0.5, 0.6) is 0 Å². The summed E-state index contributed by atoms with van der Waals surface area (Å²) in [6, 6.07) is 0. The van der Waals surface area contributed by atoms with Gasteiger partial charge in [-0.05, 0) is 37.7 Å². The van der Waals surface area contributed by atoms with E-state index in [9.17, 15) is 8.42 Å². The van der Waals surface area contributed by atoms with Crippen LogP contribution in [-0.2, 0) is 10.0 Å². The molecule has 0 heterocycles. The van der Waals surface area contributed by atoms with Gasteiger partial charge in [0.2, 0.25) is 10.0 Å². The van der Waals surface area contributed by atoms with Crippen molar-refractivity contribution < 1.29 is 8.42 Å². The van der Waals surface area contributed by atoms with Gasteiger partial charge in [-0.1, -0.05) is 0 Å². The van der Waals surface area contributed by atoms with Gasteiger partial charge in [-0.2, -0.15) is 11.8 Å². The second-order valence-electron chi connectivity index (χ2n) is 3.31. The molecule has 1 N–H and O–H groups in total. The molecule has 0 aromatic carbocycles. The van der Waals surface area contributed by atoms with Crippen molar-refractivity contribution in [1.82, 2.24) is 4.72 Å². The first kappa shape index (κ1) is 15.6. The third kappa shape index (κ3) is 10.8. The molecule has 0 fully saturated rings. The van der Waals surface area contributed by atoms with E-state index in [2.05, 4.69) is 11.0 Å². The van der Waals surface area contributed by atoms with E-state index in [0.29, 0.717) is 18.8 Å². The van der Waals surface area contributed by atoms with E-state index in [4.69, 9.17) is 11.6 Å². The Bertz CT molecular complexity index is 232. The van der Waals surface area contributed by atoms with Crippen LogP contribution < -0.4 is 4.72 Å². The van der Waals surface area contributed by atoms with Crippen LogP contribution in [0.4, 0.5) is 0 Å². The molecule has 15 heavy (non-hydrogen) atoms. The summed E-state index contributed by atoms with van der Waals surface area (Å²) in [6.45, 7) is 0.559. The highest BCUT2D eigenvalue weighted by atomic mass is 35.5. The summed E-state index contributed by atoms with van der Waals surface area (Å²) in [5.74, 6) is 1.82. The topological polar surface area (TPSA) is 46.2 Å². The normalized spacial score (nSPS) is 11.9. The number of hydrogen-bond donors (Lipinski definition) is 1. The summed E-state index contributed by atoms with van der Waals surface area (Å²) in [6.07, 6.45) is 5.43. The molecule has 0 amide bonds. The Morgan fingerprint density at radius 3 is 2.53 bits per heavy atom. The van der Waals surface area contributed by atoms with Crippen molar-refractivity contribution in [2.24, 2.45) is 0 Å². The smallest absolute Gasteiger partial charge is 0.211 e. The molecule has 0 rings (SSSR count). The number of rotatable bonds is 10. The molecule has 0 unspecified atom stereocenters. The van der Waals surface area contributed by atoms with Crippen molar-refractivity contribution in [1.29, 1.82) is 0 Å². The second kappa shape index (κ2) is 9.75. The Balaban J connectivity index is 3.47. The molecule has 0 radical (unpaired) electrons. The largest absolute Gasteiger partial charge is 0.215 e. The van der Waals surface area contributed by atoms with Gasteiger partial charge in [0.05, 0.1) is 5.75 Å². The summed E-state index contributed by atoms with van der Waals surface area (Å²) in [4.78, 5) is 0. The van der Waals surface area contributed by atoms with Gasteiger partial charge in [-0.3, -0.25) is 0 Å². The van der Waals surface area contributed by atoms with Gasteiger partial charge in [-0.25, -0.2) is 13.1 Å². The Labute approximate surface area is 102 Å². The standard InChI is InChI=1S/C9H20ClNO2S2/c1-14-8-4-3-7-11-15(12,13)9-5-2-6-10/h11H,2-9H2,1H3. The minimum atomic E-state index is -3.06. The molecule has 0 aliphatic rings. The Hall–Kier alpha value is 0.550. The van der Waals surface area contributed by atoms with E-state index in [1.807, 2.05) is 0 Å². The van der Waals surface area contributed by atoms with Gasteiger partial charge >= 0.3 is 0 Å². The molecular formula is C9H20ClNO2S2. The van der Waals surface area contributed by atoms with Crippen molar-refractivity contribution in [3.05, 3.63) is 0 Å². The molecule has 0 aromatic heterocycles. The van der Waals surface area contributed by atoms with Gasteiger partial charge < -0.3 is 0 Å². The molecule has 0 spiro atoms. The van der Waals surface area contributed by atoms with Crippen LogP contribution in [-0.4, -0.2) is 38.6 Å². The van der Waals surface area contributed by atoms with Crippen LogP contribution >= 0.6 is 23.4 Å². The number of nitrogens with one attached hydrogen (secondary N) is 1. The van der Waals surface area contributed by atoms with Crippen LogP contribution in [0.1, 0.15) is 25.7 Å². The van der Waals surface area contributed by atoms with Crippen molar-refractivity contribution in [2.45, 2.75) is 25.7 Å². The van der Waals surface area contributed by atoms with E-state index in [-0.39, 0.29) is 5.75 Å². The highest BCUT2D eigenvalue weighted by Gasteiger charge is 2.07. The lowest BCUT2D eigenvalue weighted by Gasteiger charge is -2.05. The lowest BCUT2D eigenvalue weighted by atomic mass is 10.3. The van der Waals surface area contributed by atoms with Crippen LogP contribution in [0, 0.1) is 0 Å². The maximum atomic E-state index is 11.4. The van der Waals surface area contributed by atoms with E-state index in [1.165, 1.54) is 0 Å². The Kier molecular flexibility index (Phi) is 10.1. The Morgan fingerprint density at radius 1 is 1.20 bits per heavy atom. The molecule has 0 bridgehead atoms. The molecule has 0 aromatic rings. The number of hydrogen-bond acceptors (Lipinski definition) is 3. The van der Waals surface area contributed by atoms with Gasteiger partial charge in [0, 0.05) is 12.4 Å². The molecule has 0 aliphatic carbocycles. The number of alkyl halides is 1. The van der Waals surface area contributed by atoms with Crippen LogP contribution in [0.2, 0.25) is 0 Å². The highest BCUT2D eigenvalue weighted by molar-refractivity contribution is 7.98. The van der Waals surface area contributed by atoms with Crippen molar-refractivity contribution in [3.8, 4) is 0 Å². The third-order valence-corrected chi connectivity index (χ3v) is 4.33. The zero-order chi connectivity index (χ0) is 11.6. The van der Waals surface area contributed by atoms with Gasteiger partial charge in [-0.15, -0.1) is 11.6 Å². The lowest BCUT2D eigenvalue weighted by molar-refractivity contribution is 0.575. The van der Waals surface area contributed by atoms with Crippen LogP contribution in [0.3, 0.4) is 0 Å². The summed E-state index contributed by atoms with van der Waals surface area (Å²) in [5.41, 5.74) is 0. The van der Waals surface area contributed by atoms with Gasteiger partial charge in [0.1, 0.15) is 0 Å². The number of halogens is 1. The first-order chi connectivity index (χ1) is 7.12. The minimum Gasteiger partial charge on any atom is -0.215 e. The van der Waals surface area contributed by atoms with Crippen molar-refractivity contribution in [2.75, 3.05) is 30.2 Å². The second-order valence-corrected chi connectivity index (χ2v) is 6.60. The maximum Gasteiger partial charge on any atom is 0.211 e. The SMILES string of the molecule is CSCCCCNS(=O)(=O)CCCCCl. The van der Waals surface area contributed by atoms with Crippen LogP contribution in [0.15, 0.2) is 0 Å². The molecule has 0 saturated heterocycles. The third-order valence-electron chi connectivity index (χ3n) is 1.89. The van der Waals surface area contributed by atoms with E-state index in [1.54, 1.807) is 11.8 Å². The predicted molar refractivity (Wildman–Crippen MR) is 69.4 cm³/mol. The quantitative estimate of drug-likeness (QED) is 0.490. The minimum absolute atomic E-state index is 0.197. The van der Waals surface area contributed by atoms with Crippen molar-refractivity contribution in [3.63, 3.8) is 0 Å². The number of thioether (sulfide) groups is 1. The first-order valence-corrected chi connectivity index (χ1v) is 8.72. The molecule has 6 heteroatoms. The summed E-state index contributed by atoms with van der Waals surface area (Å²) >= 11 is 7.26. The van der Waals surface area contributed by atoms with E-state index < -0.39 is 10.0 Å². The van der Waals surface area contributed by atoms with E-state index in [0.717, 1.165) is 25.0 Å². The fraction of sp³-hybridized carbons (Fsp3) is 1.00. The summed E-state index contributed by atoms with van der Waals surface area (Å²) in [5, 5.41) is 0. The predicted octanol–water partition coefficient (Wildman–Crippen LogP) is 2.07. The molecular weight excluding hydrogens is 254 g/mol. The van der Waals surface area contributed by atoms with E-state index >= 15 is 0 Å². The highest BCUT2D eigenvalue weighted by Crippen LogP contribution is 2.00. The molecule has 0 aliphatic heterocycles. The van der Waals surface area contributed by atoms with Gasteiger partial charge in [0.25, 0.3) is 0 Å². The lowest BCUT2D eigenvalue weighted by Crippen LogP contribution is -2.27. The summed E-state index contributed by atoms with van der Waals surface area (Å²) < 4.78 is 25.4. The van der Waals surface area contributed by atoms with Gasteiger partial charge in [0.15, 0.2) is 0 Å². The average molecular weight is 274 g/mol. The molecule has 92 valence electrons. The maximum absolute atomic E-state index is 11.4. The molecule has 3 nitrogen and oxygen atoms in total. The van der Waals surface area contributed by atoms with Crippen LogP contribution in [0.25, 0.3) is 0 Å². The summed E-state index contributed by atoms with van der Waals surface area (Å²) in [7, 11) is -3.06. The number of unbranched alkanes of at least 4 members (excludes halogenated alkanes) is 2. The van der Waals surface area contributed by atoms with Crippen molar-refractivity contribution >= 4 is 33.4 Å².